The summed E-state index contributed by atoms with van der Waals surface area (Å²) in [6.45, 7) is 6.13. The standard InChI is InChI=1S/C10H16N2O2/c1-5-6-4-7(10(5,2)3)9(14)12(11)8(6)13/h5-7H,4,11H2,1-3H3. The van der Waals surface area contributed by atoms with E-state index >= 15 is 0 Å². The second-order valence-corrected chi connectivity index (χ2v) is 5.05. The van der Waals surface area contributed by atoms with Crippen LogP contribution in [0.1, 0.15) is 27.2 Å². The molecule has 14 heavy (non-hydrogen) atoms. The maximum absolute atomic E-state index is 11.7. The van der Waals surface area contributed by atoms with Crippen molar-refractivity contribution in [2.75, 3.05) is 0 Å². The number of hydrazine groups is 1. The Morgan fingerprint density at radius 2 is 1.93 bits per heavy atom. The highest BCUT2D eigenvalue weighted by Crippen LogP contribution is 2.53. The average molecular weight is 196 g/mol. The Bertz CT molecular complexity index is 311. The zero-order valence-corrected chi connectivity index (χ0v) is 8.78. The highest BCUT2D eigenvalue weighted by atomic mass is 16.2. The lowest BCUT2D eigenvalue weighted by molar-refractivity contribution is -0.154. The first kappa shape index (κ1) is 9.65. The number of amides is 2. The van der Waals surface area contributed by atoms with Gasteiger partial charge in [0.25, 0.3) is 0 Å². The lowest BCUT2D eigenvalue weighted by Crippen LogP contribution is -2.51. The molecule has 1 saturated heterocycles. The highest BCUT2D eigenvalue weighted by molar-refractivity contribution is 6.00. The van der Waals surface area contributed by atoms with Crippen LogP contribution in [0, 0.1) is 23.2 Å². The van der Waals surface area contributed by atoms with Gasteiger partial charge in [-0.05, 0) is 17.8 Å². The molecule has 1 saturated carbocycles. The molecule has 4 heteroatoms. The summed E-state index contributed by atoms with van der Waals surface area (Å²) in [6.07, 6.45) is 0.680. The molecule has 0 aromatic rings. The first-order valence-electron chi connectivity index (χ1n) is 5.00. The van der Waals surface area contributed by atoms with Crippen molar-refractivity contribution >= 4 is 11.8 Å². The van der Waals surface area contributed by atoms with Crippen molar-refractivity contribution in [3.63, 3.8) is 0 Å². The average Bonchev–Trinajstić information content (AvgIpc) is 2.33. The van der Waals surface area contributed by atoms with Gasteiger partial charge in [-0.15, -0.1) is 0 Å². The third-order valence-electron chi connectivity index (χ3n) is 4.26. The molecule has 1 aliphatic heterocycles. The molecule has 4 nitrogen and oxygen atoms in total. The Morgan fingerprint density at radius 1 is 1.36 bits per heavy atom. The largest absolute Gasteiger partial charge is 0.273 e. The molecule has 1 heterocycles. The van der Waals surface area contributed by atoms with Gasteiger partial charge in [-0.2, -0.15) is 0 Å². The minimum atomic E-state index is -0.208. The number of nitrogens with zero attached hydrogens (tertiary/aromatic N) is 1. The summed E-state index contributed by atoms with van der Waals surface area (Å²) >= 11 is 0. The van der Waals surface area contributed by atoms with E-state index in [1.54, 1.807) is 0 Å². The summed E-state index contributed by atoms with van der Waals surface area (Å²) in [5, 5.41) is 0.823. The van der Waals surface area contributed by atoms with Crippen LogP contribution in [0.25, 0.3) is 0 Å². The number of carbonyl (C=O) groups is 2. The van der Waals surface area contributed by atoms with Gasteiger partial charge in [-0.1, -0.05) is 20.8 Å². The number of imide groups is 1. The summed E-state index contributed by atoms with van der Waals surface area (Å²) in [6, 6.07) is 0. The van der Waals surface area contributed by atoms with Gasteiger partial charge in [0.2, 0.25) is 11.8 Å². The van der Waals surface area contributed by atoms with E-state index in [4.69, 9.17) is 5.84 Å². The van der Waals surface area contributed by atoms with Gasteiger partial charge in [-0.25, -0.2) is 10.9 Å². The highest BCUT2D eigenvalue weighted by Gasteiger charge is 2.58. The van der Waals surface area contributed by atoms with Crippen molar-refractivity contribution in [1.29, 1.82) is 0 Å². The van der Waals surface area contributed by atoms with E-state index in [9.17, 15) is 9.59 Å². The smallest absolute Gasteiger partial charge is 0.247 e. The van der Waals surface area contributed by atoms with Crippen molar-refractivity contribution in [2.45, 2.75) is 27.2 Å². The first-order valence-corrected chi connectivity index (χ1v) is 5.00. The quantitative estimate of drug-likeness (QED) is 0.349. The normalized spacial score (nSPS) is 40.6. The van der Waals surface area contributed by atoms with Gasteiger partial charge in [0.15, 0.2) is 0 Å². The molecule has 0 aromatic carbocycles. The second-order valence-electron chi connectivity index (χ2n) is 5.05. The predicted octanol–water partition coefficient (Wildman–Crippen LogP) is 0.527. The predicted molar refractivity (Wildman–Crippen MR) is 50.6 cm³/mol. The Morgan fingerprint density at radius 3 is 2.50 bits per heavy atom. The molecular formula is C10H16N2O2. The van der Waals surface area contributed by atoms with Gasteiger partial charge < -0.3 is 0 Å². The van der Waals surface area contributed by atoms with Crippen molar-refractivity contribution in [2.24, 2.45) is 29.0 Å². The molecule has 2 amide bonds. The van der Waals surface area contributed by atoms with Crippen LogP contribution in [-0.2, 0) is 9.59 Å². The maximum Gasteiger partial charge on any atom is 0.247 e. The molecule has 78 valence electrons. The van der Waals surface area contributed by atoms with E-state index in [-0.39, 0.29) is 35.0 Å². The molecule has 2 bridgehead atoms. The van der Waals surface area contributed by atoms with E-state index < -0.39 is 0 Å². The Balaban J connectivity index is 2.45. The number of hydrogen-bond donors (Lipinski definition) is 1. The van der Waals surface area contributed by atoms with Crippen molar-refractivity contribution in [1.82, 2.24) is 5.01 Å². The second kappa shape index (κ2) is 2.57. The van der Waals surface area contributed by atoms with Crippen LogP contribution in [0.3, 0.4) is 0 Å². The molecule has 3 unspecified atom stereocenters. The van der Waals surface area contributed by atoms with E-state index in [1.165, 1.54) is 0 Å². The molecule has 2 aliphatic rings. The van der Waals surface area contributed by atoms with Crippen LogP contribution >= 0.6 is 0 Å². The molecular weight excluding hydrogens is 180 g/mol. The molecule has 0 spiro atoms. The van der Waals surface area contributed by atoms with Crippen LogP contribution in [-0.4, -0.2) is 16.8 Å². The van der Waals surface area contributed by atoms with E-state index in [0.717, 1.165) is 5.01 Å². The van der Waals surface area contributed by atoms with E-state index in [1.807, 2.05) is 20.8 Å². The summed E-state index contributed by atoms with van der Waals surface area (Å²) < 4.78 is 0. The third-order valence-corrected chi connectivity index (χ3v) is 4.26. The summed E-state index contributed by atoms with van der Waals surface area (Å²) in [7, 11) is 0. The Labute approximate surface area is 83.4 Å². The fraction of sp³-hybridized carbons (Fsp3) is 0.800. The SMILES string of the molecule is CC1C2CC(C(=O)N(N)C2=O)C1(C)C. The van der Waals surface area contributed by atoms with Gasteiger partial charge in [0.05, 0.1) is 0 Å². The minimum Gasteiger partial charge on any atom is -0.273 e. The van der Waals surface area contributed by atoms with Crippen molar-refractivity contribution < 1.29 is 9.59 Å². The first-order chi connectivity index (χ1) is 6.37. The van der Waals surface area contributed by atoms with Crippen molar-refractivity contribution in [3.05, 3.63) is 0 Å². The number of fused-ring (bicyclic) bond motifs is 2. The molecule has 3 atom stereocenters. The maximum atomic E-state index is 11.7. The third kappa shape index (κ3) is 0.919. The molecule has 2 N–H and O–H groups in total. The number of nitrogens with two attached hydrogens (primary N) is 1. The zero-order valence-electron chi connectivity index (χ0n) is 8.78. The van der Waals surface area contributed by atoms with Gasteiger partial charge in [-0.3, -0.25) is 9.59 Å². The van der Waals surface area contributed by atoms with Crippen molar-refractivity contribution in [3.8, 4) is 0 Å². The number of carbonyl (C=O) groups excluding carboxylic acids is 2. The summed E-state index contributed by atoms with van der Waals surface area (Å²) in [5.41, 5.74) is -0.106. The van der Waals surface area contributed by atoms with Gasteiger partial charge in [0.1, 0.15) is 0 Å². The Hall–Kier alpha value is -0.900. The Kier molecular flexibility index (Phi) is 1.77. The molecule has 2 fully saturated rings. The minimum absolute atomic E-state index is 0.0577. The molecule has 0 radical (unpaired) electrons. The summed E-state index contributed by atoms with van der Waals surface area (Å²) in [4.78, 5) is 23.4. The zero-order chi connectivity index (χ0) is 10.7. The number of piperidine rings is 1. The fourth-order valence-corrected chi connectivity index (χ4v) is 2.79. The van der Waals surface area contributed by atoms with Crippen LogP contribution < -0.4 is 5.84 Å². The van der Waals surface area contributed by atoms with Crippen LogP contribution in [0.15, 0.2) is 0 Å². The molecule has 0 aromatic heterocycles. The fourth-order valence-electron chi connectivity index (χ4n) is 2.79. The van der Waals surface area contributed by atoms with E-state index in [2.05, 4.69) is 0 Å². The lowest BCUT2D eigenvalue weighted by atomic mass is 9.75. The van der Waals surface area contributed by atoms with Crippen LogP contribution in [0.4, 0.5) is 0 Å². The van der Waals surface area contributed by atoms with E-state index in [0.29, 0.717) is 6.42 Å². The van der Waals surface area contributed by atoms with Crippen LogP contribution in [0.2, 0.25) is 0 Å². The number of rotatable bonds is 0. The summed E-state index contributed by atoms with van der Waals surface area (Å²) in [5.74, 6) is 5.15. The topological polar surface area (TPSA) is 63.4 Å². The van der Waals surface area contributed by atoms with Gasteiger partial charge >= 0.3 is 0 Å². The lowest BCUT2D eigenvalue weighted by Gasteiger charge is -2.30. The molecule has 2 rings (SSSR count). The molecule has 1 aliphatic carbocycles. The monoisotopic (exact) mass is 196 g/mol. The van der Waals surface area contributed by atoms with Gasteiger partial charge in [0, 0.05) is 11.8 Å². The van der Waals surface area contributed by atoms with Crippen LogP contribution in [0.5, 0.6) is 0 Å². The number of hydrogen-bond acceptors (Lipinski definition) is 3.